The fourth-order valence-electron chi connectivity index (χ4n) is 8.71. The van der Waals surface area contributed by atoms with Gasteiger partial charge in [-0.1, -0.05) is 23.8 Å². The van der Waals surface area contributed by atoms with Gasteiger partial charge < -0.3 is 14.7 Å². The lowest BCUT2D eigenvalue weighted by atomic mass is 9.56. The van der Waals surface area contributed by atoms with Crippen LogP contribution >= 0.6 is 23.2 Å². The Balaban J connectivity index is 1.19. The molecule has 1 saturated carbocycles. The Hall–Kier alpha value is -5.87. The summed E-state index contributed by atoms with van der Waals surface area (Å²) >= 11 is 14.3. The lowest BCUT2D eigenvalue weighted by molar-refractivity contribution is -0.125. The van der Waals surface area contributed by atoms with Crippen molar-refractivity contribution in [2.75, 3.05) is 35.9 Å². The van der Waals surface area contributed by atoms with Crippen molar-refractivity contribution in [3.05, 3.63) is 113 Å². The van der Waals surface area contributed by atoms with Crippen LogP contribution in [0.4, 0.5) is 50.4 Å². The highest BCUT2D eigenvalue weighted by atomic mass is 35.5. The van der Waals surface area contributed by atoms with E-state index in [-0.39, 0.29) is 33.9 Å². The molecule has 18 heteroatoms. The zero-order valence-corrected chi connectivity index (χ0v) is 32.5. The Morgan fingerprint density at radius 2 is 1.34 bits per heavy atom. The van der Waals surface area contributed by atoms with Crippen LogP contribution in [0.5, 0.6) is 11.5 Å². The van der Waals surface area contributed by atoms with E-state index in [1.165, 1.54) is 43.5 Å². The maximum atomic E-state index is 15.3. The van der Waals surface area contributed by atoms with E-state index >= 15 is 8.78 Å². The van der Waals surface area contributed by atoms with Crippen LogP contribution in [0.25, 0.3) is 0 Å². The van der Waals surface area contributed by atoms with Gasteiger partial charge in [0, 0.05) is 31.3 Å². The highest BCUT2D eigenvalue weighted by molar-refractivity contribution is 6.58. The van der Waals surface area contributed by atoms with E-state index < -0.39 is 104 Å². The first-order valence-electron chi connectivity index (χ1n) is 18.0. The second-order valence-corrected chi connectivity index (χ2v) is 16.0. The number of rotatable bonds is 7. The lowest BCUT2D eigenvalue weighted by Gasteiger charge is -2.50. The van der Waals surface area contributed by atoms with Crippen molar-refractivity contribution in [3.8, 4) is 11.5 Å². The largest absolute Gasteiger partial charge is 0.504 e. The summed E-state index contributed by atoms with van der Waals surface area (Å²) in [6, 6.07) is 17.5. The molecule has 3 fully saturated rings. The average Bonchev–Trinajstić information content (AvgIpc) is 3.56. The van der Waals surface area contributed by atoms with Crippen molar-refractivity contribution in [2.24, 2.45) is 28.0 Å². The molecule has 4 aromatic rings. The molecule has 0 bridgehead atoms. The van der Waals surface area contributed by atoms with Crippen LogP contribution in [0, 0.1) is 46.8 Å². The lowest BCUT2D eigenvalue weighted by Crippen LogP contribution is -2.60. The predicted octanol–water partition coefficient (Wildman–Crippen LogP) is 8.35. The number of imide groups is 2. The van der Waals surface area contributed by atoms with Crippen molar-refractivity contribution in [1.29, 1.82) is 0 Å². The number of halogens is 7. The van der Waals surface area contributed by atoms with Gasteiger partial charge in [-0.25, -0.2) is 26.9 Å². The van der Waals surface area contributed by atoms with E-state index in [4.69, 9.17) is 27.9 Å². The van der Waals surface area contributed by atoms with Gasteiger partial charge >= 0.3 is 0 Å². The molecule has 2 heterocycles. The number of fused-ring (bicyclic) bond motifs is 4. The number of carbonyl (C=O) groups excluding carboxylic acids is 4. The number of amides is 4. The van der Waals surface area contributed by atoms with Crippen molar-refractivity contribution in [1.82, 2.24) is 0 Å². The third-order valence-corrected chi connectivity index (χ3v) is 13.0. The second kappa shape index (κ2) is 14.2. The van der Waals surface area contributed by atoms with Gasteiger partial charge in [0.1, 0.15) is 5.69 Å². The van der Waals surface area contributed by atoms with Gasteiger partial charge in [-0.2, -0.15) is 10.2 Å². The Kier molecular flexibility index (Phi) is 9.58. The molecule has 2 aliphatic heterocycles. The van der Waals surface area contributed by atoms with Gasteiger partial charge in [0.25, 0.3) is 11.8 Å². The number of ether oxygens (including phenoxy) is 1. The first-order chi connectivity index (χ1) is 28.0. The highest BCUT2D eigenvalue weighted by Crippen LogP contribution is 2.67. The number of azo groups is 1. The minimum absolute atomic E-state index is 0.0938. The fraction of sp³-hybridized carbons (Fsp3) is 0.268. The molecular weight excluding hydrogens is 824 g/mol. The van der Waals surface area contributed by atoms with Crippen LogP contribution in [-0.4, -0.2) is 59.7 Å². The minimum Gasteiger partial charge on any atom is -0.504 e. The summed E-state index contributed by atoms with van der Waals surface area (Å²) < 4.78 is 79.2. The van der Waals surface area contributed by atoms with Crippen LogP contribution in [0.15, 0.2) is 88.6 Å². The summed E-state index contributed by atoms with van der Waals surface area (Å²) in [4.78, 5) is 54.6. The van der Waals surface area contributed by atoms with E-state index in [1.54, 1.807) is 24.3 Å². The normalized spacial score (nSPS) is 26.3. The number of alkyl halides is 2. The number of hydrogen-bond acceptors (Lipinski definition) is 9. The van der Waals surface area contributed by atoms with Crippen molar-refractivity contribution in [2.45, 2.75) is 28.5 Å². The van der Waals surface area contributed by atoms with E-state index in [1.807, 2.05) is 31.1 Å². The maximum absolute atomic E-state index is 15.3. The molecule has 8 rings (SSSR count). The van der Waals surface area contributed by atoms with Crippen LogP contribution in [0.1, 0.15) is 24.3 Å². The zero-order valence-electron chi connectivity index (χ0n) is 31.0. The number of allylic oxidation sites excluding steroid dienone is 2. The van der Waals surface area contributed by atoms with Gasteiger partial charge in [0.15, 0.2) is 44.5 Å². The molecule has 4 amide bonds. The van der Waals surface area contributed by atoms with Crippen LogP contribution in [0.2, 0.25) is 0 Å². The topological polar surface area (TPSA) is 132 Å². The Morgan fingerprint density at radius 1 is 0.763 bits per heavy atom. The molecule has 0 aromatic heterocycles. The third kappa shape index (κ3) is 5.66. The number of methoxy groups -OCH3 is 1. The predicted molar refractivity (Wildman–Crippen MR) is 205 cm³/mol. The molecule has 304 valence electrons. The number of carbonyl (C=O) groups is 4. The third-order valence-electron chi connectivity index (χ3n) is 11.5. The molecule has 4 aliphatic rings. The van der Waals surface area contributed by atoms with Gasteiger partial charge in [0.05, 0.1) is 36.0 Å². The SMILES string of the molecule is COc1cccc([C@H]2C3=CC[C@@H]4C(=O)N(c5ccc(N=Nc6ccc(N(C)C)cc6)cc5)C(=O)[C@@H]4[C@@H]3C[C@@]3(Cl)C(=O)N(c4c(F)c(F)c(F)c(F)c4F)C(=O)[C@@]23Cl)c1O. The average molecular weight is 855 g/mol. The zero-order chi connectivity index (χ0) is 42.5. The molecule has 0 radical (unpaired) electrons. The van der Waals surface area contributed by atoms with Gasteiger partial charge in [-0.15, -0.1) is 23.2 Å². The summed E-state index contributed by atoms with van der Waals surface area (Å²) in [5, 5.41) is 19.9. The van der Waals surface area contributed by atoms with E-state index in [0.29, 0.717) is 11.4 Å². The highest BCUT2D eigenvalue weighted by Gasteiger charge is 2.77. The monoisotopic (exact) mass is 853 g/mol. The van der Waals surface area contributed by atoms with E-state index in [2.05, 4.69) is 10.2 Å². The van der Waals surface area contributed by atoms with Crippen LogP contribution in [-0.2, 0) is 19.2 Å². The van der Waals surface area contributed by atoms with Crippen molar-refractivity contribution in [3.63, 3.8) is 0 Å². The first-order valence-corrected chi connectivity index (χ1v) is 18.7. The Labute approximate surface area is 342 Å². The fourth-order valence-corrected chi connectivity index (χ4v) is 9.63. The summed E-state index contributed by atoms with van der Waals surface area (Å²) in [5.74, 6) is -22.9. The van der Waals surface area contributed by atoms with Crippen LogP contribution in [0.3, 0.4) is 0 Å². The second-order valence-electron chi connectivity index (χ2n) is 14.7. The smallest absolute Gasteiger partial charge is 0.258 e. The number of phenolic OH excluding ortho intramolecular Hbond substituents is 1. The number of hydrogen-bond donors (Lipinski definition) is 1. The molecule has 4 aromatic carbocycles. The molecular formula is C41H30Cl2F5N5O6. The van der Waals surface area contributed by atoms with Crippen LogP contribution < -0.4 is 19.4 Å². The summed E-state index contributed by atoms with van der Waals surface area (Å²) in [6.45, 7) is 0. The van der Waals surface area contributed by atoms with Gasteiger partial charge in [-0.3, -0.25) is 24.1 Å². The number of nitrogens with zero attached hydrogens (tertiary/aromatic N) is 5. The minimum atomic E-state index is -2.81. The number of aromatic hydroxyl groups is 1. The maximum Gasteiger partial charge on any atom is 0.258 e. The van der Waals surface area contributed by atoms with E-state index in [0.717, 1.165) is 10.6 Å². The Bertz CT molecular complexity index is 2530. The molecule has 2 aliphatic carbocycles. The summed E-state index contributed by atoms with van der Waals surface area (Å²) in [5.41, 5.74) is 0.226. The number of anilines is 3. The van der Waals surface area contributed by atoms with Gasteiger partial charge in [-0.05, 0) is 73.4 Å². The Morgan fingerprint density at radius 3 is 1.92 bits per heavy atom. The van der Waals surface area contributed by atoms with E-state index in [9.17, 15) is 37.5 Å². The molecule has 2 saturated heterocycles. The number of benzene rings is 4. The van der Waals surface area contributed by atoms with Crippen molar-refractivity contribution >= 4 is 75.3 Å². The molecule has 0 unspecified atom stereocenters. The molecule has 0 spiro atoms. The molecule has 1 N–H and O–H groups in total. The quantitative estimate of drug-likeness (QED) is 0.0376. The summed E-state index contributed by atoms with van der Waals surface area (Å²) in [7, 11) is 5.03. The van der Waals surface area contributed by atoms with Gasteiger partial charge in [0.2, 0.25) is 17.6 Å². The number of para-hydroxylation sites is 1. The molecule has 11 nitrogen and oxygen atoms in total. The summed E-state index contributed by atoms with van der Waals surface area (Å²) in [6.07, 6.45) is 0.728. The standard InChI is InChI=1S/C41H30Cl2F5N5O6/c1-51(2)20-11-7-18(8-12-20)49-50-19-9-13-21(14-10-19)52-36(55)23-16-15-22-25(27(23)37(52)56)17-40(42)38(57)53(34-32(47)30(45)29(44)31(46)33(34)48)39(58)41(40,43)28(22)24-5-4-6-26(59-3)35(24)54/h4-15,23,25,27-28,54H,16-17H2,1-3H3/t23-,25+,27-,28+,40+,41-/m0/s1. The first kappa shape index (κ1) is 39.9. The molecule has 6 atom stereocenters. The van der Waals surface area contributed by atoms with Crippen molar-refractivity contribution < 1.29 is 51.0 Å². The number of phenols is 1. The molecule has 59 heavy (non-hydrogen) atoms.